The molecule has 5 rings (SSSR count). The molecule has 6 nitrogen and oxygen atoms in total. The van der Waals surface area contributed by atoms with E-state index in [9.17, 15) is 18.0 Å². The summed E-state index contributed by atoms with van der Waals surface area (Å²) in [5, 5.41) is 0.547. The van der Waals surface area contributed by atoms with Gasteiger partial charge in [0.05, 0.1) is 22.3 Å². The Balaban J connectivity index is 1.81. The lowest BCUT2D eigenvalue weighted by molar-refractivity contribution is -0.137. The highest BCUT2D eigenvalue weighted by Crippen LogP contribution is 2.32. The van der Waals surface area contributed by atoms with Gasteiger partial charge in [-0.15, -0.1) is 4.98 Å². The molecule has 0 saturated heterocycles. The molecule has 0 aliphatic rings. The molecule has 4 aromatic heterocycles. The predicted molar refractivity (Wildman–Crippen MR) is 117 cm³/mol. The van der Waals surface area contributed by atoms with Crippen LogP contribution in [0.5, 0.6) is 0 Å². The maximum Gasteiger partial charge on any atom is 0.416 e. The largest absolute Gasteiger partial charge is 0.416 e. The van der Waals surface area contributed by atoms with Gasteiger partial charge in [-0.3, -0.25) is 14.3 Å². The molecule has 0 radical (unpaired) electrons. The van der Waals surface area contributed by atoms with Gasteiger partial charge >= 0.3 is 6.18 Å². The topological polar surface area (TPSA) is 65.0 Å². The number of aromatic nitrogens is 4. The number of benzene rings is 1. The molecule has 0 aliphatic heterocycles. The first-order valence-corrected chi connectivity index (χ1v) is 9.68. The van der Waals surface area contributed by atoms with Crippen LogP contribution in [0.3, 0.4) is 0 Å². The fourth-order valence-electron chi connectivity index (χ4n) is 3.61. The lowest BCUT2D eigenvalue weighted by Gasteiger charge is -2.14. The number of halogens is 3. The Bertz CT molecular complexity index is 1630. The van der Waals surface area contributed by atoms with E-state index < -0.39 is 17.3 Å². The minimum absolute atomic E-state index is 0.0724. The second kappa shape index (κ2) is 7.53. The zero-order chi connectivity index (χ0) is 23.2. The van der Waals surface area contributed by atoms with Gasteiger partial charge in [-0.05, 0) is 42.5 Å². The van der Waals surface area contributed by atoms with Gasteiger partial charge in [0.15, 0.2) is 0 Å². The molecule has 0 amide bonds. The van der Waals surface area contributed by atoms with Crippen LogP contribution in [0.2, 0.25) is 0 Å². The second-order valence-electron chi connectivity index (χ2n) is 7.20. The summed E-state index contributed by atoms with van der Waals surface area (Å²) in [5.74, 6) is 0.241. The van der Waals surface area contributed by atoms with E-state index in [0.717, 1.165) is 12.1 Å². The summed E-state index contributed by atoms with van der Waals surface area (Å²) >= 11 is 0. The summed E-state index contributed by atoms with van der Waals surface area (Å²) in [5.41, 5.74) is 1.06. The van der Waals surface area contributed by atoms with Crippen LogP contribution < -0.4 is 5.56 Å². The van der Waals surface area contributed by atoms with Crippen LogP contribution in [-0.4, -0.2) is 19.5 Å². The summed E-state index contributed by atoms with van der Waals surface area (Å²) < 4.78 is 41.1. The zero-order valence-corrected chi connectivity index (χ0v) is 16.7. The fraction of sp³-hybridized carbons (Fsp3) is 0.0417. The van der Waals surface area contributed by atoms with E-state index in [1.807, 2.05) is 0 Å². The summed E-state index contributed by atoms with van der Waals surface area (Å²) in [6.45, 7) is 7.03. The number of nitrogens with zero attached hydrogens (tertiary/aromatic N) is 5. The molecule has 0 spiro atoms. The number of hydrogen-bond donors (Lipinski definition) is 0. The molecule has 4 heterocycles. The van der Waals surface area contributed by atoms with E-state index in [1.165, 1.54) is 29.0 Å². The van der Waals surface area contributed by atoms with Crippen LogP contribution in [0.25, 0.3) is 43.7 Å². The molecule has 5 aromatic rings. The quantitative estimate of drug-likeness (QED) is 0.265. The summed E-state index contributed by atoms with van der Waals surface area (Å²) in [6.07, 6.45) is -1.49. The average Bonchev–Trinajstić information content (AvgIpc) is 2.83. The van der Waals surface area contributed by atoms with E-state index >= 15 is 0 Å². The minimum Gasteiger partial charge on any atom is -0.361 e. The highest BCUT2D eigenvalue weighted by Gasteiger charge is 2.30. The molecule has 33 heavy (non-hydrogen) atoms. The van der Waals surface area contributed by atoms with Gasteiger partial charge in [0, 0.05) is 28.9 Å². The van der Waals surface area contributed by atoms with Gasteiger partial charge in [-0.2, -0.15) is 13.2 Å². The summed E-state index contributed by atoms with van der Waals surface area (Å²) in [6, 6.07) is 14.1. The fourth-order valence-corrected chi connectivity index (χ4v) is 3.61. The number of rotatable bonds is 2. The van der Waals surface area contributed by atoms with Gasteiger partial charge in [0.2, 0.25) is 0 Å². The highest BCUT2D eigenvalue weighted by molar-refractivity contribution is 6.02. The third kappa shape index (κ3) is 3.57. The third-order valence-corrected chi connectivity index (χ3v) is 5.15. The van der Waals surface area contributed by atoms with Crippen molar-refractivity contribution >= 4 is 27.8 Å². The van der Waals surface area contributed by atoms with Crippen LogP contribution >= 0.6 is 0 Å². The monoisotopic (exact) mass is 443 g/mol. The standard InChI is InChI=1S/C24H12F3N5O/c1-28-20-9-5-14(12-30-20)18-7-8-19-22(31-18)23-15(13-29-19)6-10-21(33)32(23)17-4-2-3-16(11-17)24(25,26)27/h2-13H. The number of fused-ring (bicyclic) bond motifs is 3. The second-order valence-corrected chi connectivity index (χ2v) is 7.20. The lowest BCUT2D eigenvalue weighted by Crippen LogP contribution is -2.18. The molecule has 0 saturated carbocycles. The average molecular weight is 443 g/mol. The smallest absolute Gasteiger partial charge is 0.361 e. The van der Waals surface area contributed by atoms with Crippen LogP contribution in [0.15, 0.2) is 77.9 Å². The van der Waals surface area contributed by atoms with Crippen molar-refractivity contribution in [3.8, 4) is 16.9 Å². The van der Waals surface area contributed by atoms with Crippen molar-refractivity contribution in [2.24, 2.45) is 0 Å². The zero-order valence-electron chi connectivity index (χ0n) is 16.7. The summed E-state index contributed by atoms with van der Waals surface area (Å²) in [4.78, 5) is 29.2. The van der Waals surface area contributed by atoms with E-state index in [-0.39, 0.29) is 11.5 Å². The molecule has 0 bridgehead atoms. The van der Waals surface area contributed by atoms with E-state index in [2.05, 4.69) is 19.8 Å². The maximum absolute atomic E-state index is 13.3. The van der Waals surface area contributed by atoms with Gasteiger partial charge in [0.25, 0.3) is 11.4 Å². The molecule has 0 unspecified atom stereocenters. The Labute approximate surface area is 184 Å². The van der Waals surface area contributed by atoms with Crippen molar-refractivity contribution in [2.45, 2.75) is 6.18 Å². The number of alkyl halides is 3. The molecule has 0 atom stereocenters. The molecule has 0 N–H and O–H groups in total. The van der Waals surface area contributed by atoms with Crippen molar-refractivity contribution in [1.29, 1.82) is 0 Å². The Hall–Kier alpha value is -4.58. The first-order chi connectivity index (χ1) is 15.8. The third-order valence-electron chi connectivity index (χ3n) is 5.15. The Morgan fingerprint density at radius 3 is 2.52 bits per heavy atom. The van der Waals surface area contributed by atoms with Crippen molar-refractivity contribution in [2.75, 3.05) is 0 Å². The Kier molecular flexibility index (Phi) is 4.64. The van der Waals surface area contributed by atoms with E-state index in [0.29, 0.717) is 33.2 Å². The molecular formula is C24H12F3N5O. The van der Waals surface area contributed by atoms with Crippen molar-refractivity contribution in [3.63, 3.8) is 0 Å². The predicted octanol–water partition coefficient (Wildman–Crippen LogP) is 5.57. The van der Waals surface area contributed by atoms with Crippen molar-refractivity contribution < 1.29 is 13.2 Å². The Morgan fingerprint density at radius 1 is 0.939 bits per heavy atom. The van der Waals surface area contributed by atoms with Gasteiger partial charge < -0.3 is 4.85 Å². The van der Waals surface area contributed by atoms with Gasteiger partial charge in [-0.1, -0.05) is 18.7 Å². The molecular weight excluding hydrogens is 431 g/mol. The van der Waals surface area contributed by atoms with Crippen LogP contribution in [0.4, 0.5) is 19.0 Å². The first kappa shape index (κ1) is 20.3. The SMILES string of the molecule is [C-]#[N+]c1ccc(-c2ccc3ncc4ccc(=O)n(-c5cccc(C(F)(F)F)c5)c4c3n2)cn1. The maximum atomic E-state index is 13.3. The number of pyridine rings is 4. The summed E-state index contributed by atoms with van der Waals surface area (Å²) in [7, 11) is 0. The molecule has 0 fully saturated rings. The first-order valence-electron chi connectivity index (χ1n) is 9.68. The molecule has 160 valence electrons. The lowest BCUT2D eigenvalue weighted by atomic mass is 10.1. The normalized spacial score (nSPS) is 11.6. The van der Waals surface area contributed by atoms with E-state index in [1.54, 1.807) is 36.5 Å². The minimum atomic E-state index is -4.55. The van der Waals surface area contributed by atoms with Crippen molar-refractivity contribution in [1.82, 2.24) is 19.5 Å². The van der Waals surface area contributed by atoms with Crippen LogP contribution in [0.1, 0.15) is 5.56 Å². The van der Waals surface area contributed by atoms with Crippen LogP contribution in [0, 0.1) is 6.57 Å². The van der Waals surface area contributed by atoms with Gasteiger partial charge in [0.1, 0.15) is 11.7 Å². The highest BCUT2D eigenvalue weighted by atomic mass is 19.4. The van der Waals surface area contributed by atoms with Crippen LogP contribution in [-0.2, 0) is 6.18 Å². The molecule has 1 aromatic carbocycles. The molecule has 9 heteroatoms. The molecule has 0 aliphatic carbocycles. The Morgan fingerprint density at radius 2 is 1.79 bits per heavy atom. The van der Waals surface area contributed by atoms with E-state index in [4.69, 9.17) is 6.57 Å². The number of hydrogen-bond acceptors (Lipinski definition) is 4. The van der Waals surface area contributed by atoms with Crippen molar-refractivity contribution in [3.05, 3.63) is 100 Å². The van der Waals surface area contributed by atoms with Gasteiger partial charge in [-0.25, -0.2) is 4.98 Å².